The van der Waals surface area contributed by atoms with Crippen LogP contribution in [0.2, 0.25) is 0 Å². The largest absolute Gasteiger partial charge is 0.399 e. The summed E-state index contributed by atoms with van der Waals surface area (Å²) < 4.78 is 0.988. The standard InChI is InChI=1S/C14H11BrN2S/c15-13-7-12(17)5-6-14(13)18-9-11-4-2-1-3-10(11)8-16/h1-7H,9,17H2. The van der Waals surface area contributed by atoms with E-state index in [0.717, 1.165) is 31.9 Å². The highest BCUT2D eigenvalue weighted by Crippen LogP contribution is 2.31. The van der Waals surface area contributed by atoms with Crippen LogP contribution in [0.4, 0.5) is 5.69 Å². The fraction of sp³-hybridized carbons (Fsp3) is 0.0714. The highest BCUT2D eigenvalue weighted by atomic mass is 79.9. The lowest BCUT2D eigenvalue weighted by molar-refractivity contribution is 1.33. The molecule has 0 aliphatic carbocycles. The molecule has 2 aromatic rings. The van der Waals surface area contributed by atoms with Crippen LogP contribution in [0.3, 0.4) is 0 Å². The van der Waals surface area contributed by atoms with Crippen LogP contribution in [0.5, 0.6) is 0 Å². The highest BCUT2D eigenvalue weighted by molar-refractivity contribution is 9.10. The molecule has 0 atom stereocenters. The van der Waals surface area contributed by atoms with Crippen molar-refractivity contribution in [2.45, 2.75) is 10.6 Å². The second-order valence-electron chi connectivity index (χ2n) is 3.75. The minimum absolute atomic E-state index is 0.733. The number of benzene rings is 2. The number of nitrogens with two attached hydrogens (primary N) is 1. The monoisotopic (exact) mass is 318 g/mol. The third-order valence-electron chi connectivity index (χ3n) is 2.48. The highest BCUT2D eigenvalue weighted by Gasteiger charge is 2.04. The lowest BCUT2D eigenvalue weighted by Crippen LogP contribution is -1.88. The van der Waals surface area contributed by atoms with Crippen LogP contribution in [0.15, 0.2) is 51.8 Å². The molecule has 2 aromatic carbocycles. The molecule has 0 aromatic heterocycles. The Labute approximate surface area is 119 Å². The summed E-state index contributed by atoms with van der Waals surface area (Å²) in [6.07, 6.45) is 0. The molecule has 0 spiro atoms. The van der Waals surface area contributed by atoms with Crippen LogP contribution in [-0.4, -0.2) is 0 Å². The maximum Gasteiger partial charge on any atom is 0.0994 e. The maximum absolute atomic E-state index is 9.02. The van der Waals surface area contributed by atoms with Crippen molar-refractivity contribution >= 4 is 33.4 Å². The number of hydrogen-bond donors (Lipinski definition) is 1. The maximum atomic E-state index is 9.02. The molecule has 0 bridgehead atoms. The van der Waals surface area contributed by atoms with Crippen LogP contribution in [0, 0.1) is 11.3 Å². The smallest absolute Gasteiger partial charge is 0.0994 e. The van der Waals surface area contributed by atoms with Gasteiger partial charge in [-0.1, -0.05) is 18.2 Å². The quantitative estimate of drug-likeness (QED) is 0.681. The van der Waals surface area contributed by atoms with E-state index in [9.17, 15) is 0 Å². The predicted octanol–water partition coefficient (Wildman–Crippen LogP) is 4.20. The first kappa shape index (κ1) is 13.0. The molecule has 90 valence electrons. The van der Waals surface area contributed by atoms with Crippen molar-refractivity contribution in [3.63, 3.8) is 0 Å². The van der Waals surface area contributed by atoms with Crippen molar-refractivity contribution in [1.82, 2.24) is 0 Å². The van der Waals surface area contributed by atoms with Crippen LogP contribution in [0.25, 0.3) is 0 Å². The molecule has 18 heavy (non-hydrogen) atoms. The van der Waals surface area contributed by atoms with Gasteiger partial charge in [-0.2, -0.15) is 5.26 Å². The molecular formula is C14H11BrN2S. The zero-order valence-corrected chi connectivity index (χ0v) is 12.0. The first-order valence-electron chi connectivity index (χ1n) is 5.36. The van der Waals surface area contributed by atoms with Crippen molar-refractivity contribution in [2.75, 3.05) is 5.73 Å². The summed E-state index contributed by atoms with van der Waals surface area (Å²) in [5.41, 5.74) is 8.22. The third kappa shape index (κ3) is 3.06. The van der Waals surface area contributed by atoms with E-state index < -0.39 is 0 Å². The third-order valence-corrected chi connectivity index (χ3v) is 4.52. The molecule has 2 nitrogen and oxygen atoms in total. The summed E-state index contributed by atoms with van der Waals surface area (Å²) in [4.78, 5) is 1.12. The van der Waals surface area contributed by atoms with E-state index in [1.54, 1.807) is 11.8 Å². The lowest BCUT2D eigenvalue weighted by Gasteiger charge is -2.06. The zero-order valence-electron chi connectivity index (χ0n) is 9.56. The van der Waals surface area contributed by atoms with Gasteiger partial charge in [0.25, 0.3) is 0 Å². The Morgan fingerprint density at radius 2 is 2.00 bits per heavy atom. The summed E-state index contributed by atoms with van der Waals surface area (Å²) in [5.74, 6) is 0.770. The summed E-state index contributed by atoms with van der Waals surface area (Å²) in [6, 6.07) is 15.6. The molecule has 0 saturated carbocycles. The summed E-state index contributed by atoms with van der Waals surface area (Å²) in [7, 11) is 0. The normalized spacial score (nSPS) is 10.0. The average molecular weight is 319 g/mol. The number of hydrogen-bond acceptors (Lipinski definition) is 3. The van der Waals surface area contributed by atoms with Gasteiger partial charge in [-0.15, -0.1) is 11.8 Å². The van der Waals surface area contributed by atoms with E-state index in [1.165, 1.54) is 0 Å². The van der Waals surface area contributed by atoms with E-state index in [0.29, 0.717) is 0 Å². The Hall–Kier alpha value is -1.44. The molecule has 4 heteroatoms. The van der Waals surface area contributed by atoms with Gasteiger partial charge in [0.05, 0.1) is 11.6 Å². The van der Waals surface area contributed by atoms with Gasteiger partial charge in [0.15, 0.2) is 0 Å². The van der Waals surface area contributed by atoms with Crippen LogP contribution in [0.1, 0.15) is 11.1 Å². The summed E-state index contributed by atoms with van der Waals surface area (Å²) >= 11 is 5.18. The van der Waals surface area contributed by atoms with Gasteiger partial charge in [-0.25, -0.2) is 0 Å². The molecule has 0 unspecified atom stereocenters. The van der Waals surface area contributed by atoms with Gasteiger partial charge >= 0.3 is 0 Å². The Morgan fingerprint density at radius 1 is 1.22 bits per heavy atom. The molecule has 0 aliphatic rings. The van der Waals surface area contributed by atoms with Gasteiger partial charge in [0, 0.05) is 20.8 Å². The SMILES string of the molecule is N#Cc1ccccc1CSc1ccc(N)cc1Br. The average Bonchev–Trinajstić information content (AvgIpc) is 2.38. The first-order chi connectivity index (χ1) is 8.70. The minimum atomic E-state index is 0.733. The molecule has 0 heterocycles. The Morgan fingerprint density at radius 3 is 2.72 bits per heavy atom. The predicted molar refractivity (Wildman–Crippen MR) is 79.3 cm³/mol. The molecule has 0 radical (unpaired) electrons. The van der Waals surface area contributed by atoms with Crippen molar-refractivity contribution in [3.8, 4) is 6.07 Å². The van der Waals surface area contributed by atoms with Crippen LogP contribution in [-0.2, 0) is 5.75 Å². The number of nitrogen functional groups attached to an aromatic ring is 1. The van der Waals surface area contributed by atoms with E-state index in [1.807, 2.05) is 42.5 Å². The second-order valence-corrected chi connectivity index (χ2v) is 5.62. The topological polar surface area (TPSA) is 49.8 Å². The van der Waals surface area contributed by atoms with Gasteiger partial charge in [0.1, 0.15) is 0 Å². The number of rotatable bonds is 3. The van der Waals surface area contributed by atoms with E-state index in [-0.39, 0.29) is 0 Å². The van der Waals surface area contributed by atoms with Gasteiger partial charge in [0.2, 0.25) is 0 Å². The zero-order chi connectivity index (χ0) is 13.0. The summed E-state index contributed by atoms with van der Waals surface area (Å²) in [5, 5.41) is 9.02. The molecule has 0 fully saturated rings. The minimum Gasteiger partial charge on any atom is -0.399 e. The van der Waals surface area contributed by atoms with Crippen molar-refractivity contribution < 1.29 is 0 Å². The Balaban J connectivity index is 2.14. The second kappa shape index (κ2) is 5.94. The lowest BCUT2D eigenvalue weighted by atomic mass is 10.1. The van der Waals surface area contributed by atoms with Gasteiger partial charge in [-0.05, 0) is 45.8 Å². The van der Waals surface area contributed by atoms with Crippen molar-refractivity contribution in [3.05, 3.63) is 58.1 Å². The van der Waals surface area contributed by atoms with Crippen molar-refractivity contribution in [1.29, 1.82) is 5.26 Å². The number of nitriles is 1. The first-order valence-corrected chi connectivity index (χ1v) is 7.14. The number of halogens is 1. The molecule has 2 rings (SSSR count). The molecule has 0 saturated heterocycles. The van der Waals surface area contributed by atoms with E-state index in [4.69, 9.17) is 11.0 Å². The Bertz CT molecular complexity index is 605. The fourth-order valence-corrected chi connectivity index (χ4v) is 3.21. The molecule has 0 aliphatic heterocycles. The summed E-state index contributed by atoms with van der Waals surface area (Å²) in [6.45, 7) is 0. The Kier molecular flexibility index (Phi) is 4.29. The van der Waals surface area contributed by atoms with Gasteiger partial charge < -0.3 is 5.73 Å². The molecule has 0 amide bonds. The van der Waals surface area contributed by atoms with Gasteiger partial charge in [-0.3, -0.25) is 0 Å². The van der Waals surface area contributed by atoms with E-state index >= 15 is 0 Å². The number of thioether (sulfide) groups is 1. The number of nitrogens with zero attached hydrogens (tertiary/aromatic N) is 1. The molecular weight excluding hydrogens is 308 g/mol. The van der Waals surface area contributed by atoms with E-state index in [2.05, 4.69) is 22.0 Å². The fourth-order valence-electron chi connectivity index (χ4n) is 1.54. The van der Waals surface area contributed by atoms with Crippen molar-refractivity contribution in [2.24, 2.45) is 0 Å². The molecule has 2 N–H and O–H groups in total. The van der Waals surface area contributed by atoms with Crippen LogP contribution >= 0.6 is 27.7 Å². The number of anilines is 1. The van der Waals surface area contributed by atoms with Crippen LogP contribution < -0.4 is 5.73 Å².